The van der Waals surface area contributed by atoms with Crippen LogP contribution in [0.5, 0.6) is 0 Å². The quantitative estimate of drug-likeness (QED) is 0.700. The molecule has 1 aromatic heterocycles. The van der Waals surface area contributed by atoms with E-state index in [9.17, 15) is 13.2 Å². The van der Waals surface area contributed by atoms with E-state index in [1.165, 1.54) is 23.5 Å². The highest BCUT2D eigenvalue weighted by Crippen LogP contribution is 2.30. The number of aromatic nitrogens is 1. The van der Waals surface area contributed by atoms with Crippen molar-refractivity contribution in [3.05, 3.63) is 58.5 Å². The molecular formula is C19H17N3O3S2. The molecule has 0 bridgehead atoms. The van der Waals surface area contributed by atoms with Gasteiger partial charge in [-0.25, -0.2) is 13.4 Å². The monoisotopic (exact) mass is 399 g/mol. The Kier molecular flexibility index (Phi) is 4.24. The number of hydrogen-bond acceptors (Lipinski definition) is 5. The average molecular weight is 399 g/mol. The third-order valence-corrected chi connectivity index (χ3v) is 6.63. The molecule has 1 aliphatic heterocycles. The molecule has 4 rings (SSSR count). The molecule has 0 saturated heterocycles. The van der Waals surface area contributed by atoms with Gasteiger partial charge >= 0.3 is 0 Å². The van der Waals surface area contributed by atoms with E-state index in [4.69, 9.17) is 0 Å². The number of thiazole rings is 1. The molecule has 2 heterocycles. The van der Waals surface area contributed by atoms with Gasteiger partial charge in [0.15, 0.2) is 5.13 Å². The molecule has 0 radical (unpaired) electrons. The lowest BCUT2D eigenvalue weighted by Gasteiger charge is -2.07. The summed E-state index contributed by atoms with van der Waals surface area (Å²) in [6.07, 6.45) is 0.187. The molecule has 8 heteroatoms. The van der Waals surface area contributed by atoms with Crippen molar-refractivity contribution in [3.63, 3.8) is 0 Å². The molecule has 3 aromatic rings. The number of aryl methyl sites for hydroxylation is 2. The normalized spacial score (nSPS) is 13.3. The van der Waals surface area contributed by atoms with Crippen molar-refractivity contribution in [1.82, 2.24) is 4.98 Å². The molecule has 1 aliphatic rings. The van der Waals surface area contributed by atoms with Gasteiger partial charge in [-0.1, -0.05) is 17.7 Å². The zero-order valence-corrected chi connectivity index (χ0v) is 16.4. The first-order chi connectivity index (χ1) is 12.8. The molecule has 0 fully saturated rings. The predicted molar refractivity (Wildman–Crippen MR) is 107 cm³/mol. The van der Waals surface area contributed by atoms with Gasteiger partial charge in [0.05, 0.1) is 17.0 Å². The van der Waals surface area contributed by atoms with Crippen LogP contribution < -0.4 is 10.0 Å². The van der Waals surface area contributed by atoms with Crippen LogP contribution in [-0.4, -0.2) is 19.3 Å². The number of anilines is 2. The van der Waals surface area contributed by atoms with Crippen LogP contribution >= 0.6 is 11.3 Å². The maximum atomic E-state index is 12.7. The van der Waals surface area contributed by atoms with Crippen molar-refractivity contribution in [2.75, 3.05) is 10.0 Å². The molecule has 138 valence electrons. The number of carbonyl (C=O) groups is 1. The smallest absolute Gasteiger partial charge is 0.263 e. The minimum Gasteiger partial charge on any atom is -0.326 e. The molecule has 0 aliphatic carbocycles. The second kappa shape index (κ2) is 6.47. The van der Waals surface area contributed by atoms with Crippen molar-refractivity contribution < 1.29 is 13.2 Å². The summed E-state index contributed by atoms with van der Waals surface area (Å²) in [6, 6.07) is 10.7. The lowest BCUT2D eigenvalue weighted by Crippen LogP contribution is -2.13. The second-order valence-corrected chi connectivity index (χ2v) is 9.05. The summed E-state index contributed by atoms with van der Waals surface area (Å²) in [6.45, 7) is 4.00. The van der Waals surface area contributed by atoms with Gasteiger partial charge in [-0.05, 0) is 49.2 Å². The molecule has 2 aromatic carbocycles. The number of amides is 1. The molecule has 6 nitrogen and oxygen atoms in total. The number of hydrogen-bond donors (Lipinski definition) is 2. The largest absolute Gasteiger partial charge is 0.326 e. The van der Waals surface area contributed by atoms with Crippen LogP contribution in [0.2, 0.25) is 0 Å². The van der Waals surface area contributed by atoms with Crippen molar-refractivity contribution in [3.8, 4) is 11.3 Å². The lowest BCUT2D eigenvalue weighted by molar-refractivity contribution is -0.115. The van der Waals surface area contributed by atoms with Crippen LogP contribution in [0.1, 0.15) is 16.7 Å². The zero-order valence-electron chi connectivity index (χ0n) is 14.7. The molecule has 0 unspecified atom stereocenters. The van der Waals surface area contributed by atoms with Crippen molar-refractivity contribution in [2.24, 2.45) is 0 Å². The van der Waals surface area contributed by atoms with E-state index < -0.39 is 10.0 Å². The van der Waals surface area contributed by atoms with Crippen molar-refractivity contribution in [2.45, 2.75) is 25.2 Å². The number of nitrogens with one attached hydrogen (secondary N) is 2. The van der Waals surface area contributed by atoms with Crippen LogP contribution in [0.3, 0.4) is 0 Å². The van der Waals surface area contributed by atoms with Crippen LogP contribution in [0.4, 0.5) is 10.8 Å². The van der Waals surface area contributed by atoms with E-state index in [0.29, 0.717) is 16.4 Å². The van der Waals surface area contributed by atoms with E-state index >= 15 is 0 Å². The predicted octanol–water partition coefficient (Wildman–Crippen LogP) is 3.72. The summed E-state index contributed by atoms with van der Waals surface area (Å²) in [4.78, 5) is 16.0. The Hall–Kier alpha value is -2.71. The Labute approximate surface area is 161 Å². The maximum Gasteiger partial charge on any atom is 0.263 e. The number of benzene rings is 2. The molecular weight excluding hydrogens is 382 g/mol. The minimum atomic E-state index is -3.78. The molecule has 2 N–H and O–H groups in total. The highest BCUT2D eigenvalue weighted by Gasteiger charge is 2.22. The van der Waals surface area contributed by atoms with E-state index in [-0.39, 0.29) is 17.2 Å². The number of sulfonamides is 1. The highest BCUT2D eigenvalue weighted by atomic mass is 32.2. The van der Waals surface area contributed by atoms with Crippen LogP contribution in [0.25, 0.3) is 11.3 Å². The summed E-state index contributed by atoms with van der Waals surface area (Å²) in [5.41, 5.74) is 5.26. The first-order valence-electron chi connectivity index (χ1n) is 8.30. The topological polar surface area (TPSA) is 88.2 Å². The fourth-order valence-corrected chi connectivity index (χ4v) is 5.02. The van der Waals surface area contributed by atoms with Gasteiger partial charge in [-0.2, -0.15) is 0 Å². The van der Waals surface area contributed by atoms with Gasteiger partial charge in [0.1, 0.15) is 0 Å². The van der Waals surface area contributed by atoms with Gasteiger partial charge in [0.2, 0.25) is 5.91 Å². The van der Waals surface area contributed by atoms with E-state index in [2.05, 4.69) is 15.0 Å². The third-order valence-electron chi connectivity index (χ3n) is 4.41. The van der Waals surface area contributed by atoms with Gasteiger partial charge < -0.3 is 5.32 Å². The number of fused-ring (bicyclic) bond motifs is 1. The van der Waals surface area contributed by atoms with Gasteiger partial charge in [-0.3, -0.25) is 9.52 Å². The van der Waals surface area contributed by atoms with Gasteiger partial charge in [0, 0.05) is 16.6 Å². The third kappa shape index (κ3) is 3.45. The van der Waals surface area contributed by atoms with Crippen LogP contribution in [0, 0.1) is 13.8 Å². The first kappa shape index (κ1) is 17.7. The summed E-state index contributed by atoms with van der Waals surface area (Å²) in [5.74, 6) is -0.134. The molecule has 0 saturated carbocycles. The van der Waals surface area contributed by atoms with Crippen LogP contribution in [-0.2, 0) is 21.2 Å². The SMILES string of the molecule is Cc1ccc(C)c(-c2csc(NS(=O)(=O)c3ccc4c(c3)CC(=O)N4)n2)c1. The maximum absolute atomic E-state index is 12.7. The fraction of sp³-hybridized carbons (Fsp3) is 0.158. The Morgan fingerprint density at radius 2 is 1.96 bits per heavy atom. The minimum absolute atomic E-state index is 0.112. The van der Waals surface area contributed by atoms with E-state index in [1.54, 1.807) is 6.07 Å². The van der Waals surface area contributed by atoms with Crippen LogP contribution in [0.15, 0.2) is 46.7 Å². The van der Waals surface area contributed by atoms with Gasteiger partial charge in [0.25, 0.3) is 10.0 Å². The molecule has 0 atom stereocenters. The Morgan fingerprint density at radius 3 is 2.78 bits per heavy atom. The molecule has 27 heavy (non-hydrogen) atoms. The standard InChI is InChI=1S/C19H17N3O3S2/c1-11-3-4-12(2)15(7-11)17-10-26-19(21-17)22-27(24,25)14-5-6-16-13(8-14)9-18(23)20-16/h3-8,10H,9H2,1-2H3,(H,20,23)(H,21,22). The van der Waals surface area contributed by atoms with E-state index in [0.717, 1.165) is 22.4 Å². The van der Waals surface area contributed by atoms with E-state index in [1.807, 2.05) is 37.4 Å². The first-order valence-corrected chi connectivity index (χ1v) is 10.7. The number of rotatable bonds is 4. The van der Waals surface area contributed by atoms with Crippen molar-refractivity contribution in [1.29, 1.82) is 0 Å². The molecule has 0 spiro atoms. The summed E-state index contributed by atoms with van der Waals surface area (Å²) in [5, 5.41) is 4.84. The summed E-state index contributed by atoms with van der Waals surface area (Å²) >= 11 is 1.24. The summed E-state index contributed by atoms with van der Waals surface area (Å²) < 4.78 is 27.9. The zero-order chi connectivity index (χ0) is 19.2. The molecule has 1 amide bonds. The highest BCUT2D eigenvalue weighted by molar-refractivity contribution is 7.93. The van der Waals surface area contributed by atoms with Gasteiger partial charge in [-0.15, -0.1) is 11.3 Å². The lowest BCUT2D eigenvalue weighted by atomic mass is 10.0. The second-order valence-electron chi connectivity index (χ2n) is 6.51. The number of carbonyl (C=O) groups excluding carboxylic acids is 1. The summed E-state index contributed by atoms with van der Waals surface area (Å²) in [7, 11) is -3.78. The Morgan fingerprint density at radius 1 is 1.15 bits per heavy atom. The fourth-order valence-electron chi connectivity index (χ4n) is 3.00. The Balaban J connectivity index is 1.61. The van der Waals surface area contributed by atoms with Crippen molar-refractivity contribution >= 4 is 38.1 Å². The number of nitrogens with zero attached hydrogens (tertiary/aromatic N) is 1. The Bertz CT molecular complexity index is 1170. The average Bonchev–Trinajstić information content (AvgIpc) is 3.21.